The van der Waals surface area contributed by atoms with E-state index in [1.54, 1.807) is 0 Å². The van der Waals surface area contributed by atoms with Gasteiger partial charge in [0, 0.05) is 31.5 Å². The summed E-state index contributed by atoms with van der Waals surface area (Å²) in [5.74, 6) is -2.16. The van der Waals surface area contributed by atoms with Crippen LogP contribution in [0.5, 0.6) is 11.5 Å². The third-order valence-corrected chi connectivity index (χ3v) is 5.47. The SMILES string of the molecule is COc1c(F)cc(C2=CC3(CCN(CC(=O)O)CC3)Oc3ccccc32)cc1F.Cl. The first-order valence-electron chi connectivity index (χ1n) is 9.40. The molecule has 2 aromatic carbocycles. The zero-order chi connectivity index (χ0) is 20.6. The van der Waals surface area contributed by atoms with E-state index < -0.39 is 29.0 Å². The number of fused-ring (bicyclic) bond motifs is 1. The lowest BCUT2D eigenvalue weighted by Crippen LogP contribution is -2.49. The molecule has 2 aliphatic rings. The fourth-order valence-corrected chi connectivity index (χ4v) is 4.04. The topological polar surface area (TPSA) is 59.0 Å². The van der Waals surface area contributed by atoms with Crippen LogP contribution < -0.4 is 9.47 Å². The quantitative estimate of drug-likeness (QED) is 0.779. The predicted molar refractivity (Wildman–Crippen MR) is 110 cm³/mol. The molecule has 1 spiro atoms. The van der Waals surface area contributed by atoms with Gasteiger partial charge in [0.05, 0.1) is 13.7 Å². The van der Waals surface area contributed by atoms with Crippen LogP contribution in [-0.2, 0) is 4.79 Å². The number of carboxylic acids is 1. The lowest BCUT2D eigenvalue weighted by Gasteiger charge is -2.42. The van der Waals surface area contributed by atoms with Crippen LogP contribution >= 0.6 is 12.4 Å². The Labute approximate surface area is 179 Å². The number of carbonyl (C=O) groups is 1. The van der Waals surface area contributed by atoms with Crippen molar-refractivity contribution in [3.8, 4) is 11.5 Å². The third-order valence-electron chi connectivity index (χ3n) is 5.47. The average Bonchev–Trinajstić information content (AvgIpc) is 2.69. The Morgan fingerprint density at radius 2 is 1.83 bits per heavy atom. The van der Waals surface area contributed by atoms with Crippen LogP contribution in [0.4, 0.5) is 8.78 Å². The maximum atomic E-state index is 14.4. The molecular formula is C22H22ClF2NO4. The van der Waals surface area contributed by atoms with Gasteiger partial charge in [-0.25, -0.2) is 8.78 Å². The van der Waals surface area contributed by atoms with Crippen molar-refractivity contribution in [2.75, 3.05) is 26.7 Å². The van der Waals surface area contributed by atoms with E-state index in [0.29, 0.717) is 42.8 Å². The lowest BCUT2D eigenvalue weighted by molar-refractivity contribution is -0.139. The Morgan fingerprint density at radius 3 is 2.43 bits per heavy atom. The van der Waals surface area contributed by atoms with E-state index in [0.717, 1.165) is 5.56 Å². The molecule has 2 aromatic rings. The zero-order valence-corrected chi connectivity index (χ0v) is 17.2. The van der Waals surface area contributed by atoms with Gasteiger partial charge < -0.3 is 14.6 Å². The summed E-state index contributed by atoms with van der Waals surface area (Å²) in [6.45, 7) is 1.10. The Bertz CT molecular complexity index is 964. The number of para-hydroxylation sites is 1. The van der Waals surface area contributed by atoms with Crippen LogP contribution in [0.3, 0.4) is 0 Å². The molecule has 0 saturated carbocycles. The third kappa shape index (κ3) is 4.13. The molecule has 2 aliphatic heterocycles. The molecule has 4 rings (SSSR count). The van der Waals surface area contributed by atoms with Gasteiger partial charge in [-0.2, -0.15) is 0 Å². The summed E-state index contributed by atoms with van der Waals surface area (Å²) >= 11 is 0. The molecule has 0 atom stereocenters. The van der Waals surface area contributed by atoms with Crippen LogP contribution in [-0.4, -0.2) is 48.3 Å². The molecule has 30 heavy (non-hydrogen) atoms. The Hall–Kier alpha value is -2.64. The predicted octanol–water partition coefficient (Wildman–Crippen LogP) is 4.14. The van der Waals surface area contributed by atoms with E-state index in [4.69, 9.17) is 14.6 Å². The molecule has 8 heteroatoms. The molecule has 1 fully saturated rings. The van der Waals surface area contributed by atoms with Crippen molar-refractivity contribution in [1.82, 2.24) is 4.90 Å². The van der Waals surface area contributed by atoms with E-state index in [9.17, 15) is 13.6 Å². The minimum Gasteiger partial charge on any atom is -0.491 e. The van der Waals surface area contributed by atoms with Gasteiger partial charge in [0.25, 0.3) is 0 Å². The molecule has 5 nitrogen and oxygen atoms in total. The fraction of sp³-hybridized carbons (Fsp3) is 0.318. The van der Waals surface area contributed by atoms with Crippen molar-refractivity contribution < 1.29 is 28.2 Å². The highest BCUT2D eigenvalue weighted by molar-refractivity contribution is 5.85. The van der Waals surface area contributed by atoms with Gasteiger partial charge in [-0.05, 0) is 35.4 Å². The van der Waals surface area contributed by atoms with Crippen molar-refractivity contribution in [3.63, 3.8) is 0 Å². The highest BCUT2D eigenvalue weighted by atomic mass is 35.5. The molecule has 0 unspecified atom stereocenters. The van der Waals surface area contributed by atoms with Crippen LogP contribution in [0.1, 0.15) is 24.0 Å². The number of ether oxygens (including phenoxy) is 2. The molecule has 0 amide bonds. The maximum Gasteiger partial charge on any atom is 0.317 e. The maximum absolute atomic E-state index is 14.4. The highest BCUT2D eigenvalue weighted by Crippen LogP contribution is 2.44. The highest BCUT2D eigenvalue weighted by Gasteiger charge is 2.39. The number of nitrogens with zero attached hydrogens (tertiary/aromatic N) is 1. The molecule has 0 aromatic heterocycles. The fourth-order valence-electron chi connectivity index (χ4n) is 4.04. The Balaban J connectivity index is 0.00000256. The first kappa shape index (κ1) is 22.1. The van der Waals surface area contributed by atoms with Crippen LogP contribution in [0.15, 0.2) is 42.5 Å². The molecule has 160 valence electrons. The van der Waals surface area contributed by atoms with Crippen molar-refractivity contribution >= 4 is 23.9 Å². The zero-order valence-electron chi connectivity index (χ0n) is 16.4. The minimum atomic E-state index is -0.865. The van der Waals surface area contributed by atoms with Crippen molar-refractivity contribution in [3.05, 3.63) is 65.2 Å². The smallest absolute Gasteiger partial charge is 0.317 e. The monoisotopic (exact) mass is 437 g/mol. The van der Waals surface area contributed by atoms with E-state index in [1.807, 2.05) is 35.2 Å². The summed E-state index contributed by atoms with van der Waals surface area (Å²) in [7, 11) is 1.23. The molecule has 1 saturated heterocycles. The standard InChI is InChI=1S/C22H21F2NO4.ClH/c1-28-21-17(23)10-14(11-18(21)24)16-12-22(29-19-5-3-2-4-15(16)19)6-8-25(9-7-22)13-20(26)27;/h2-5,10-12H,6-9,13H2,1H3,(H,26,27);1H. The van der Waals surface area contributed by atoms with E-state index in [2.05, 4.69) is 0 Å². The first-order valence-corrected chi connectivity index (χ1v) is 9.40. The number of carboxylic acid groups (broad SMARTS) is 1. The van der Waals surface area contributed by atoms with Crippen molar-refractivity contribution in [2.24, 2.45) is 0 Å². The second kappa shape index (κ2) is 8.62. The largest absolute Gasteiger partial charge is 0.491 e. The summed E-state index contributed by atoms with van der Waals surface area (Å²) in [4.78, 5) is 12.8. The molecule has 0 bridgehead atoms. The number of rotatable bonds is 4. The van der Waals surface area contributed by atoms with Gasteiger partial charge in [-0.3, -0.25) is 9.69 Å². The normalized spacial score (nSPS) is 17.4. The van der Waals surface area contributed by atoms with Crippen LogP contribution in [0, 0.1) is 11.6 Å². The number of likely N-dealkylation sites (tertiary alicyclic amines) is 1. The summed E-state index contributed by atoms with van der Waals surface area (Å²) < 4.78 is 39.8. The van der Waals surface area contributed by atoms with Crippen molar-refractivity contribution in [1.29, 1.82) is 0 Å². The van der Waals surface area contributed by atoms with Crippen LogP contribution in [0.25, 0.3) is 5.57 Å². The van der Waals surface area contributed by atoms with Gasteiger partial charge >= 0.3 is 5.97 Å². The number of hydrogen-bond donors (Lipinski definition) is 1. The molecular weight excluding hydrogens is 416 g/mol. The van der Waals surface area contributed by atoms with Gasteiger partial charge in [-0.15, -0.1) is 12.4 Å². The Kier molecular flexibility index (Phi) is 6.33. The average molecular weight is 438 g/mol. The number of hydrogen-bond acceptors (Lipinski definition) is 4. The number of aliphatic carboxylic acids is 1. The Morgan fingerprint density at radius 1 is 1.20 bits per heavy atom. The number of benzene rings is 2. The van der Waals surface area contributed by atoms with Gasteiger partial charge in [-0.1, -0.05) is 18.2 Å². The van der Waals surface area contributed by atoms with E-state index in [-0.39, 0.29) is 19.0 Å². The molecule has 0 aliphatic carbocycles. The minimum absolute atomic E-state index is 0. The van der Waals surface area contributed by atoms with Gasteiger partial charge in [0.2, 0.25) is 0 Å². The van der Waals surface area contributed by atoms with E-state index in [1.165, 1.54) is 19.2 Å². The first-order chi connectivity index (χ1) is 13.9. The second-order valence-corrected chi connectivity index (χ2v) is 7.36. The molecule has 0 radical (unpaired) electrons. The van der Waals surface area contributed by atoms with Gasteiger partial charge in [0.1, 0.15) is 11.4 Å². The van der Waals surface area contributed by atoms with E-state index >= 15 is 0 Å². The van der Waals surface area contributed by atoms with Crippen LogP contribution in [0.2, 0.25) is 0 Å². The number of piperidine rings is 1. The summed E-state index contributed by atoms with van der Waals surface area (Å²) in [5, 5.41) is 9.02. The summed E-state index contributed by atoms with van der Waals surface area (Å²) in [6.07, 6.45) is 3.09. The number of methoxy groups -OCH3 is 1. The number of halogens is 3. The summed E-state index contributed by atoms with van der Waals surface area (Å²) in [6, 6.07) is 9.92. The molecule has 2 heterocycles. The summed E-state index contributed by atoms with van der Waals surface area (Å²) in [5.41, 5.74) is 1.21. The van der Waals surface area contributed by atoms with Gasteiger partial charge in [0.15, 0.2) is 17.4 Å². The second-order valence-electron chi connectivity index (χ2n) is 7.36. The molecule has 1 N–H and O–H groups in total. The van der Waals surface area contributed by atoms with Crippen molar-refractivity contribution in [2.45, 2.75) is 18.4 Å². The lowest BCUT2D eigenvalue weighted by atomic mass is 9.83.